The molecule has 9 nitrogen and oxygen atoms in total. The fourth-order valence-corrected chi connectivity index (χ4v) is 5.24. The van der Waals surface area contributed by atoms with Crippen LogP contribution in [0.4, 0.5) is 11.8 Å². The number of piperidine rings is 1. The Morgan fingerprint density at radius 3 is 2.84 bits per heavy atom. The van der Waals surface area contributed by atoms with Gasteiger partial charge in [-0.1, -0.05) is 11.3 Å². The van der Waals surface area contributed by atoms with Crippen molar-refractivity contribution in [3.63, 3.8) is 0 Å². The monoisotopic (exact) mass is 500 g/mol. The van der Waals surface area contributed by atoms with Gasteiger partial charge < -0.3 is 15.7 Å². The highest BCUT2D eigenvalue weighted by atomic mass is 79.9. The lowest BCUT2D eigenvalue weighted by Gasteiger charge is -2.36. The number of nitrogens with two attached hydrogens (primary N) is 1. The summed E-state index contributed by atoms with van der Waals surface area (Å²) in [4.78, 5) is 15.7. The van der Waals surface area contributed by atoms with Crippen molar-refractivity contribution < 1.29 is 5.11 Å². The number of thiophene rings is 1. The normalized spacial score (nSPS) is 16.2. The Bertz CT molecular complexity index is 1240. The lowest BCUT2D eigenvalue weighted by Crippen LogP contribution is -2.42. The van der Waals surface area contributed by atoms with Crippen LogP contribution in [0.2, 0.25) is 0 Å². The van der Waals surface area contributed by atoms with Gasteiger partial charge in [0.05, 0.1) is 33.2 Å². The van der Waals surface area contributed by atoms with Gasteiger partial charge in [0.2, 0.25) is 5.95 Å². The fourth-order valence-electron chi connectivity index (χ4n) is 3.68. The van der Waals surface area contributed by atoms with Gasteiger partial charge in [0.1, 0.15) is 22.7 Å². The van der Waals surface area contributed by atoms with Gasteiger partial charge in [-0.3, -0.25) is 0 Å². The molecule has 5 rings (SSSR count). The molecule has 5 heterocycles. The number of pyridine rings is 1. The van der Waals surface area contributed by atoms with Gasteiger partial charge in [0, 0.05) is 18.5 Å². The summed E-state index contributed by atoms with van der Waals surface area (Å²) in [6, 6.07) is 5.98. The number of nitrogen functional groups attached to an aromatic ring is 1. The summed E-state index contributed by atoms with van der Waals surface area (Å²) < 4.78 is 3.54. The maximum absolute atomic E-state index is 10.2. The van der Waals surface area contributed by atoms with E-state index in [1.165, 1.54) is 11.3 Å². The van der Waals surface area contributed by atoms with Gasteiger partial charge >= 0.3 is 0 Å². The number of rotatable bonds is 4. The number of hydrogen-bond donors (Lipinski definition) is 2. The molecule has 4 aromatic heterocycles. The quantitative estimate of drug-likeness (QED) is 0.438. The van der Waals surface area contributed by atoms with Crippen LogP contribution < -0.4 is 10.6 Å². The number of hydrogen-bond acceptors (Lipinski definition) is 9. The summed E-state index contributed by atoms with van der Waals surface area (Å²) >= 11 is 5.03. The molecule has 31 heavy (non-hydrogen) atoms. The van der Waals surface area contributed by atoms with Gasteiger partial charge in [0.15, 0.2) is 0 Å². The summed E-state index contributed by atoms with van der Waals surface area (Å²) in [5.41, 5.74) is 8.29. The number of anilines is 2. The second-order valence-electron chi connectivity index (χ2n) is 7.96. The van der Waals surface area contributed by atoms with Crippen LogP contribution in [0.3, 0.4) is 0 Å². The van der Waals surface area contributed by atoms with Crippen molar-refractivity contribution in [2.45, 2.75) is 31.9 Å². The van der Waals surface area contributed by atoms with Crippen molar-refractivity contribution in [1.29, 1.82) is 0 Å². The maximum Gasteiger partial charge on any atom is 0.221 e. The van der Waals surface area contributed by atoms with E-state index in [-0.39, 0.29) is 5.95 Å². The number of aliphatic hydroxyl groups is 1. The van der Waals surface area contributed by atoms with Crippen molar-refractivity contribution in [2.75, 3.05) is 23.7 Å². The molecule has 0 bridgehead atoms. The molecule has 0 unspecified atom stereocenters. The molecular formula is C20H21BrN8OS. The van der Waals surface area contributed by atoms with E-state index in [4.69, 9.17) is 10.7 Å². The van der Waals surface area contributed by atoms with Crippen LogP contribution in [0.15, 0.2) is 34.2 Å². The molecule has 160 valence electrons. The minimum absolute atomic E-state index is 0.200. The molecule has 1 fully saturated rings. The minimum Gasteiger partial charge on any atom is -0.390 e. The van der Waals surface area contributed by atoms with Crippen LogP contribution >= 0.6 is 27.3 Å². The molecule has 0 saturated carbocycles. The number of halogens is 1. The van der Waals surface area contributed by atoms with Crippen molar-refractivity contribution >= 4 is 49.2 Å². The number of aromatic nitrogens is 6. The average molecular weight is 501 g/mol. The molecule has 0 aliphatic carbocycles. The smallest absolute Gasteiger partial charge is 0.221 e. The second kappa shape index (κ2) is 7.81. The minimum atomic E-state index is -0.584. The zero-order chi connectivity index (χ0) is 21.6. The number of fused-ring (bicyclic) bond motifs is 1. The molecule has 1 aliphatic rings. The summed E-state index contributed by atoms with van der Waals surface area (Å²) in [6.45, 7) is 3.96. The van der Waals surface area contributed by atoms with Gasteiger partial charge in [-0.15, -0.1) is 16.4 Å². The molecule has 11 heteroatoms. The predicted molar refractivity (Wildman–Crippen MR) is 124 cm³/mol. The van der Waals surface area contributed by atoms with Crippen LogP contribution in [-0.2, 0) is 6.54 Å². The van der Waals surface area contributed by atoms with Crippen LogP contribution in [0.5, 0.6) is 0 Å². The summed E-state index contributed by atoms with van der Waals surface area (Å²) in [7, 11) is 0. The second-order valence-corrected chi connectivity index (χ2v) is 9.70. The van der Waals surface area contributed by atoms with Crippen LogP contribution in [-0.4, -0.2) is 53.7 Å². The van der Waals surface area contributed by atoms with E-state index in [0.29, 0.717) is 17.9 Å². The Kier molecular flexibility index (Phi) is 5.11. The maximum atomic E-state index is 10.2. The van der Waals surface area contributed by atoms with Crippen molar-refractivity contribution in [3.05, 3.63) is 39.9 Å². The van der Waals surface area contributed by atoms with Crippen LogP contribution in [0.25, 0.3) is 21.6 Å². The third-order valence-corrected chi connectivity index (χ3v) is 7.33. The fraction of sp³-hybridized carbons (Fsp3) is 0.350. The predicted octanol–water partition coefficient (Wildman–Crippen LogP) is 3.09. The van der Waals surface area contributed by atoms with Gasteiger partial charge in [0.25, 0.3) is 0 Å². The molecule has 0 aromatic carbocycles. The van der Waals surface area contributed by atoms with Crippen molar-refractivity contribution in [1.82, 2.24) is 29.9 Å². The third-order valence-electron chi connectivity index (χ3n) is 5.45. The first kappa shape index (κ1) is 20.3. The van der Waals surface area contributed by atoms with Crippen LogP contribution in [0.1, 0.15) is 25.5 Å². The van der Waals surface area contributed by atoms with Gasteiger partial charge in [-0.2, -0.15) is 0 Å². The highest BCUT2D eigenvalue weighted by Gasteiger charge is 2.27. The number of nitrogens with zero attached hydrogens (tertiary/aromatic N) is 7. The Morgan fingerprint density at radius 2 is 2.03 bits per heavy atom. The third kappa shape index (κ3) is 4.12. The van der Waals surface area contributed by atoms with E-state index in [2.05, 4.69) is 41.1 Å². The summed E-state index contributed by atoms with van der Waals surface area (Å²) in [5, 5.41) is 20.7. The zero-order valence-electron chi connectivity index (χ0n) is 16.9. The molecule has 1 saturated heterocycles. The Hall–Kier alpha value is -2.63. The molecule has 0 amide bonds. The highest BCUT2D eigenvalue weighted by Crippen LogP contribution is 2.35. The Morgan fingerprint density at radius 1 is 1.23 bits per heavy atom. The van der Waals surface area contributed by atoms with E-state index in [1.807, 2.05) is 36.7 Å². The molecule has 0 atom stereocenters. The Labute approximate surface area is 191 Å². The highest BCUT2D eigenvalue weighted by molar-refractivity contribution is 9.10. The standard InChI is InChI=1S/C20H21BrN8OS/c1-20(30)5-7-28(8-6-20)15-4-2-3-12(23-15)9-29-10-14(26-27-29)17-18-16(13(21)11-31-18)24-19(22)25-17/h2-4,10-11,30H,5-9H2,1H3,(H2,22,24,25). The average Bonchev–Trinajstić information content (AvgIpc) is 3.35. The largest absolute Gasteiger partial charge is 0.390 e. The lowest BCUT2D eigenvalue weighted by atomic mass is 9.94. The molecule has 4 aromatic rings. The molecule has 1 aliphatic heterocycles. The topological polar surface area (TPSA) is 119 Å². The first-order valence-corrected chi connectivity index (χ1v) is 11.6. The SMILES string of the molecule is CC1(O)CCN(c2cccc(Cn3cc(-c4nc(N)nc5c(Br)csc45)nn3)n2)CC1. The lowest BCUT2D eigenvalue weighted by molar-refractivity contribution is 0.0350. The van der Waals surface area contributed by atoms with Gasteiger partial charge in [-0.25, -0.2) is 19.6 Å². The summed E-state index contributed by atoms with van der Waals surface area (Å²) in [5.74, 6) is 1.12. The van der Waals surface area contributed by atoms with Crippen LogP contribution in [0, 0.1) is 0 Å². The first-order chi connectivity index (χ1) is 14.9. The van der Waals surface area contributed by atoms with Crippen molar-refractivity contribution in [3.8, 4) is 11.4 Å². The van der Waals surface area contributed by atoms with E-state index < -0.39 is 5.60 Å². The summed E-state index contributed by atoms with van der Waals surface area (Å²) in [6.07, 6.45) is 3.32. The van der Waals surface area contributed by atoms with E-state index in [1.54, 1.807) is 4.68 Å². The Balaban J connectivity index is 1.37. The molecule has 0 spiro atoms. The molecular weight excluding hydrogens is 480 g/mol. The zero-order valence-corrected chi connectivity index (χ0v) is 19.3. The van der Waals surface area contributed by atoms with E-state index in [9.17, 15) is 5.11 Å². The van der Waals surface area contributed by atoms with E-state index >= 15 is 0 Å². The molecule has 0 radical (unpaired) electrons. The first-order valence-electron chi connectivity index (χ1n) is 9.92. The van der Waals surface area contributed by atoms with Crippen molar-refractivity contribution in [2.24, 2.45) is 0 Å². The van der Waals surface area contributed by atoms with Gasteiger partial charge in [-0.05, 0) is 47.8 Å². The molecule has 3 N–H and O–H groups in total. The van der Waals surface area contributed by atoms with E-state index in [0.717, 1.165) is 52.1 Å².